The van der Waals surface area contributed by atoms with Gasteiger partial charge in [-0.05, 0) is 23.8 Å². The fraction of sp³-hybridized carbons (Fsp3) is 0.250. The second kappa shape index (κ2) is 11.3. The summed E-state index contributed by atoms with van der Waals surface area (Å²) in [5, 5.41) is 10.2. The van der Waals surface area contributed by atoms with E-state index < -0.39 is 0 Å². The second-order valence-corrected chi connectivity index (χ2v) is 6.02. The van der Waals surface area contributed by atoms with Gasteiger partial charge in [-0.25, -0.2) is 4.98 Å². The van der Waals surface area contributed by atoms with Crippen LogP contribution in [-0.4, -0.2) is 53.3 Å². The number of halogens is 1. The van der Waals surface area contributed by atoms with Gasteiger partial charge < -0.3 is 15.0 Å². The van der Waals surface area contributed by atoms with Crippen molar-refractivity contribution in [2.45, 2.75) is 6.54 Å². The molecule has 0 amide bonds. The zero-order valence-corrected chi connectivity index (χ0v) is 18.3. The van der Waals surface area contributed by atoms with Crippen LogP contribution in [0.3, 0.4) is 0 Å². The van der Waals surface area contributed by atoms with Gasteiger partial charge >= 0.3 is 0 Å². The molecule has 1 heterocycles. The minimum Gasteiger partial charge on any atom is -0.492 e. The predicted molar refractivity (Wildman–Crippen MR) is 122 cm³/mol. The summed E-state index contributed by atoms with van der Waals surface area (Å²) >= 11 is 0. The molecule has 0 spiro atoms. The third-order valence-electron chi connectivity index (χ3n) is 4.08. The summed E-state index contributed by atoms with van der Waals surface area (Å²) < 4.78 is 5.75. The summed E-state index contributed by atoms with van der Waals surface area (Å²) in [5.74, 6) is 2.45. The van der Waals surface area contributed by atoms with Gasteiger partial charge in [-0.15, -0.1) is 24.0 Å². The zero-order chi connectivity index (χ0) is 18.9. The van der Waals surface area contributed by atoms with Gasteiger partial charge in [-0.1, -0.05) is 36.4 Å². The van der Waals surface area contributed by atoms with Crippen LogP contribution in [0.2, 0.25) is 0 Å². The van der Waals surface area contributed by atoms with Crippen LogP contribution in [0, 0.1) is 0 Å². The molecule has 0 saturated heterocycles. The molecule has 3 rings (SSSR count). The number of aromatic amines is 1. The number of aliphatic imine (C=N–C) groups is 1. The van der Waals surface area contributed by atoms with Crippen LogP contribution in [0.4, 0.5) is 0 Å². The van der Waals surface area contributed by atoms with Crippen LogP contribution in [-0.2, 0) is 6.54 Å². The molecule has 0 atom stereocenters. The Kier molecular flexibility index (Phi) is 8.73. The minimum atomic E-state index is 0. The van der Waals surface area contributed by atoms with E-state index in [-0.39, 0.29) is 24.0 Å². The Morgan fingerprint density at radius 2 is 2.00 bits per heavy atom. The van der Waals surface area contributed by atoms with Gasteiger partial charge in [0.25, 0.3) is 0 Å². The molecule has 0 saturated carbocycles. The van der Waals surface area contributed by atoms with Gasteiger partial charge in [0.15, 0.2) is 11.8 Å². The first-order valence-electron chi connectivity index (χ1n) is 8.80. The van der Waals surface area contributed by atoms with Crippen LogP contribution in [0.25, 0.3) is 11.4 Å². The van der Waals surface area contributed by atoms with Crippen LogP contribution < -0.4 is 10.1 Å². The number of rotatable bonds is 7. The van der Waals surface area contributed by atoms with Crippen molar-refractivity contribution in [1.29, 1.82) is 0 Å². The number of benzene rings is 2. The maximum atomic E-state index is 5.75. The maximum Gasteiger partial charge on any atom is 0.193 e. The van der Waals surface area contributed by atoms with Crippen molar-refractivity contribution >= 4 is 29.9 Å². The molecule has 148 valence electrons. The molecule has 3 aromatic rings. The van der Waals surface area contributed by atoms with E-state index in [4.69, 9.17) is 4.74 Å². The normalized spacial score (nSPS) is 10.9. The third-order valence-corrected chi connectivity index (χ3v) is 4.08. The van der Waals surface area contributed by atoms with Gasteiger partial charge in [-0.2, -0.15) is 5.10 Å². The van der Waals surface area contributed by atoms with Crippen molar-refractivity contribution in [3.63, 3.8) is 0 Å². The lowest BCUT2D eigenvalue weighted by molar-refractivity contribution is 0.281. The second-order valence-electron chi connectivity index (χ2n) is 6.02. The van der Waals surface area contributed by atoms with Gasteiger partial charge in [0.1, 0.15) is 18.7 Å². The standard InChI is InChI=1S/C20H24N6O.HI/c1-21-20(26(2)11-12-27-18-9-4-3-5-10-18)22-14-16-7-6-8-17(13-16)19-23-15-24-25-19;/h3-10,13,15H,11-12,14H2,1-2H3,(H,21,22)(H,23,24,25);1H. The Morgan fingerprint density at radius 1 is 1.18 bits per heavy atom. The molecular weight excluding hydrogens is 467 g/mol. The molecular formula is C20H25IN6O. The van der Waals surface area contributed by atoms with Crippen LogP contribution in [0.5, 0.6) is 5.75 Å². The Hall–Kier alpha value is -2.62. The number of guanidine groups is 1. The first kappa shape index (κ1) is 21.7. The molecule has 0 aliphatic heterocycles. The van der Waals surface area contributed by atoms with Gasteiger partial charge in [0, 0.05) is 26.2 Å². The number of nitrogens with one attached hydrogen (secondary N) is 2. The molecule has 8 heteroatoms. The molecule has 1 aromatic heterocycles. The van der Waals surface area contributed by atoms with Gasteiger partial charge in [0.2, 0.25) is 0 Å². The molecule has 2 N–H and O–H groups in total. The Bertz CT molecular complexity index is 854. The molecule has 0 unspecified atom stereocenters. The van der Waals surface area contributed by atoms with Crippen molar-refractivity contribution in [1.82, 2.24) is 25.4 Å². The topological polar surface area (TPSA) is 78.4 Å². The molecule has 2 aromatic carbocycles. The summed E-state index contributed by atoms with van der Waals surface area (Å²) in [6.07, 6.45) is 1.51. The number of hydrogen-bond acceptors (Lipinski definition) is 4. The fourth-order valence-corrected chi connectivity index (χ4v) is 2.66. The SMILES string of the molecule is CN=C(NCc1cccc(-c2ncn[nH]2)c1)N(C)CCOc1ccccc1.I. The highest BCUT2D eigenvalue weighted by atomic mass is 127. The first-order chi connectivity index (χ1) is 13.3. The monoisotopic (exact) mass is 492 g/mol. The quantitative estimate of drug-likeness (QED) is 0.301. The van der Waals surface area contributed by atoms with Crippen LogP contribution >= 0.6 is 24.0 Å². The third kappa shape index (κ3) is 6.22. The Balaban J connectivity index is 0.00000280. The zero-order valence-electron chi connectivity index (χ0n) is 16.0. The average molecular weight is 492 g/mol. The van der Waals surface area contributed by atoms with E-state index in [1.807, 2.05) is 54.4 Å². The lowest BCUT2D eigenvalue weighted by Gasteiger charge is -2.22. The van der Waals surface area contributed by atoms with Crippen molar-refractivity contribution in [2.24, 2.45) is 4.99 Å². The molecule has 0 aliphatic carbocycles. The van der Waals surface area contributed by atoms with Crippen molar-refractivity contribution < 1.29 is 4.74 Å². The number of likely N-dealkylation sites (N-methyl/N-ethyl adjacent to an activating group) is 1. The number of aromatic nitrogens is 3. The summed E-state index contributed by atoms with van der Waals surface area (Å²) in [7, 11) is 3.77. The van der Waals surface area contributed by atoms with E-state index in [0.29, 0.717) is 13.2 Å². The predicted octanol–water partition coefficient (Wildman–Crippen LogP) is 3.18. The van der Waals surface area contributed by atoms with E-state index in [1.165, 1.54) is 6.33 Å². The largest absolute Gasteiger partial charge is 0.492 e. The molecule has 0 fully saturated rings. The number of H-pyrrole nitrogens is 1. The summed E-state index contributed by atoms with van der Waals surface area (Å²) in [6, 6.07) is 18.0. The summed E-state index contributed by atoms with van der Waals surface area (Å²) in [5.41, 5.74) is 2.14. The lowest BCUT2D eigenvalue weighted by atomic mass is 10.1. The van der Waals surface area contributed by atoms with Gasteiger partial charge in [-0.3, -0.25) is 10.1 Å². The van der Waals surface area contributed by atoms with Crippen molar-refractivity contribution in [3.8, 4) is 17.1 Å². The molecule has 28 heavy (non-hydrogen) atoms. The van der Waals surface area contributed by atoms with E-state index in [9.17, 15) is 0 Å². The van der Waals surface area contributed by atoms with E-state index in [0.717, 1.165) is 35.2 Å². The highest BCUT2D eigenvalue weighted by Crippen LogP contribution is 2.15. The van der Waals surface area contributed by atoms with Gasteiger partial charge in [0.05, 0.1) is 6.54 Å². The van der Waals surface area contributed by atoms with E-state index in [1.54, 1.807) is 7.05 Å². The number of ether oxygens (including phenoxy) is 1. The maximum absolute atomic E-state index is 5.75. The van der Waals surface area contributed by atoms with Crippen LogP contribution in [0.1, 0.15) is 5.56 Å². The number of para-hydroxylation sites is 1. The molecule has 0 radical (unpaired) electrons. The van der Waals surface area contributed by atoms with Crippen molar-refractivity contribution in [3.05, 3.63) is 66.5 Å². The highest BCUT2D eigenvalue weighted by molar-refractivity contribution is 14.0. The number of nitrogens with zero attached hydrogens (tertiary/aromatic N) is 4. The Labute approximate surface area is 182 Å². The molecule has 0 bridgehead atoms. The fourth-order valence-electron chi connectivity index (χ4n) is 2.66. The van der Waals surface area contributed by atoms with Crippen molar-refractivity contribution in [2.75, 3.05) is 27.2 Å². The van der Waals surface area contributed by atoms with E-state index >= 15 is 0 Å². The van der Waals surface area contributed by atoms with E-state index in [2.05, 4.69) is 37.6 Å². The highest BCUT2D eigenvalue weighted by Gasteiger charge is 2.07. The van der Waals surface area contributed by atoms with Crippen LogP contribution in [0.15, 0.2) is 65.9 Å². The average Bonchev–Trinajstić information content (AvgIpc) is 3.24. The summed E-state index contributed by atoms with van der Waals surface area (Å²) in [4.78, 5) is 10.6. The summed E-state index contributed by atoms with van der Waals surface area (Å²) in [6.45, 7) is 1.98. The smallest absolute Gasteiger partial charge is 0.193 e. The number of hydrogen-bond donors (Lipinski definition) is 2. The lowest BCUT2D eigenvalue weighted by Crippen LogP contribution is -2.40. The first-order valence-corrected chi connectivity index (χ1v) is 8.80. The molecule has 0 aliphatic rings. The Morgan fingerprint density at radius 3 is 2.71 bits per heavy atom. The molecule has 7 nitrogen and oxygen atoms in total. The minimum absolute atomic E-state index is 0.